The van der Waals surface area contributed by atoms with Crippen molar-refractivity contribution < 1.29 is 23.1 Å². The highest BCUT2D eigenvalue weighted by atomic mass is 35.5. The van der Waals surface area contributed by atoms with Gasteiger partial charge in [-0.25, -0.2) is 23.4 Å². The van der Waals surface area contributed by atoms with Crippen LogP contribution >= 0.6 is 11.6 Å². The third-order valence-corrected chi connectivity index (χ3v) is 5.73. The number of benzene rings is 2. The van der Waals surface area contributed by atoms with E-state index >= 15 is 0 Å². The second kappa shape index (κ2) is 12.3. The number of amides is 3. The molecule has 186 valence electrons. The summed E-state index contributed by atoms with van der Waals surface area (Å²) in [5.74, 6) is -0.664. The van der Waals surface area contributed by atoms with Crippen LogP contribution in [0.15, 0.2) is 48.7 Å². The van der Waals surface area contributed by atoms with Crippen molar-refractivity contribution in [2.45, 2.75) is 25.4 Å². The molecule has 35 heavy (non-hydrogen) atoms. The summed E-state index contributed by atoms with van der Waals surface area (Å²) in [7, 11) is 1.57. The first kappa shape index (κ1) is 26.1. The van der Waals surface area contributed by atoms with Gasteiger partial charge < -0.3 is 20.7 Å². The molecule has 0 radical (unpaired) electrons. The number of hydrogen-bond acceptors (Lipinski definition) is 5. The summed E-state index contributed by atoms with van der Waals surface area (Å²) in [5.41, 5.74) is 6.17. The molecule has 0 unspecified atom stereocenters. The molecular formula is C24H26ClF2N5O3. The lowest BCUT2D eigenvalue weighted by molar-refractivity contribution is 0.113. The number of anilines is 1. The molecule has 0 saturated carbocycles. The van der Waals surface area contributed by atoms with Gasteiger partial charge in [0.25, 0.3) is 0 Å². The maximum atomic E-state index is 13.5. The molecule has 1 heterocycles. The predicted molar refractivity (Wildman–Crippen MR) is 130 cm³/mol. The normalized spacial score (nSPS) is 11.7. The molecule has 0 aliphatic carbocycles. The topological polar surface area (TPSA) is 110 Å². The molecule has 0 fully saturated rings. The Balaban J connectivity index is 1.56. The number of pyridine rings is 1. The zero-order chi connectivity index (χ0) is 25.4. The van der Waals surface area contributed by atoms with E-state index < -0.39 is 29.8 Å². The fourth-order valence-electron chi connectivity index (χ4n) is 3.36. The standard InChI is InChI=1S/C24H26ClF2N5O3/c1-32(23(33)30-13-16-5-7-19(27)11-21(16)25)20(3-2-8-28)14-35-24(34)31-22-10-17-9-18(26)6-4-15(17)12-29-22/h4-7,9-12,20H,2-3,8,13-14,28H2,1H3,(H,30,33)(H,29,31,34)/t20-/m0/s1. The Bertz CT molecular complexity index is 1200. The van der Waals surface area contributed by atoms with Gasteiger partial charge in [0.2, 0.25) is 0 Å². The molecule has 0 aliphatic heterocycles. The number of rotatable bonds is 9. The second-order valence-corrected chi connectivity index (χ2v) is 8.28. The van der Waals surface area contributed by atoms with E-state index in [4.69, 9.17) is 22.1 Å². The zero-order valence-corrected chi connectivity index (χ0v) is 19.8. The SMILES string of the molecule is CN(C(=O)NCc1ccc(F)cc1Cl)[C@@H](CCCN)COC(=O)Nc1cc2cc(F)ccc2cn1. The number of halogens is 3. The van der Waals surface area contributed by atoms with Crippen molar-refractivity contribution in [2.75, 3.05) is 25.5 Å². The van der Waals surface area contributed by atoms with Crippen LogP contribution < -0.4 is 16.4 Å². The Morgan fingerprint density at radius 2 is 1.89 bits per heavy atom. The average Bonchev–Trinajstić information content (AvgIpc) is 2.82. The van der Waals surface area contributed by atoms with Crippen molar-refractivity contribution >= 4 is 40.3 Å². The van der Waals surface area contributed by atoms with E-state index in [2.05, 4.69) is 15.6 Å². The number of likely N-dealkylation sites (N-methyl/N-ethyl adjacent to an activating group) is 1. The van der Waals surface area contributed by atoms with Crippen LogP contribution in [0.2, 0.25) is 5.02 Å². The highest BCUT2D eigenvalue weighted by molar-refractivity contribution is 6.31. The molecule has 3 rings (SSSR count). The lowest BCUT2D eigenvalue weighted by atomic mass is 10.1. The maximum absolute atomic E-state index is 13.5. The summed E-state index contributed by atoms with van der Waals surface area (Å²) >= 11 is 6.01. The molecule has 8 nitrogen and oxygen atoms in total. The van der Waals surface area contributed by atoms with E-state index in [9.17, 15) is 18.4 Å². The van der Waals surface area contributed by atoms with E-state index in [1.165, 1.54) is 47.5 Å². The molecule has 1 atom stereocenters. The highest BCUT2D eigenvalue weighted by Crippen LogP contribution is 2.19. The highest BCUT2D eigenvalue weighted by Gasteiger charge is 2.22. The lowest BCUT2D eigenvalue weighted by Gasteiger charge is -2.28. The van der Waals surface area contributed by atoms with Crippen molar-refractivity contribution in [1.29, 1.82) is 0 Å². The van der Waals surface area contributed by atoms with Gasteiger partial charge in [-0.05, 0) is 66.7 Å². The van der Waals surface area contributed by atoms with E-state index in [1.54, 1.807) is 13.1 Å². The molecule has 11 heteroatoms. The van der Waals surface area contributed by atoms with E-state index in [0.717, 1.165) is 5.39 Å². The number of aromatic nitrogens is 1. The molecule has 2 aromatic carbocycles. The molecular weight excluding hydrogens is 480 g/mol. The van der Waals surface area contributed by atoms with Crippen LogP contribution in [0.25, 0.3) is 10.8 Å². The Hall–Kier alpha value is -3.50. The Labute approximate surface area is 206 Å². The first-order valence-corrected chi connectivity index (χ1v) is 11.3. The van der Waals surface area contributed by atoms with Gasteiger partial charge in [0, 0.05) is 30.2 Å². The monoisotopic (exact) mass is 505 g/mol. The van der Waals surface area contributed by atoms with E-state index in [0.29, 0.717) is 30.3 Å². The van der Waals surface area contributed by atoms with Gasteiger partial charge in [-0.3, -0.25) is 5.32 Å². The summed E-state index contributed by atoms with van der Waals surface area (Å²) in [5, 5.41) is 6.73. The minimum atomic E-state index is -0.766. The number of nitrogens with zero attached hydrogens (tertiary/aromatic N) is 2. The summed E-state index contributed by atoms with van der Waals surface area (Å²) in [6, 6.07) is 8.83. The number of carbonyl (C=O) groups is 2. The van der Waals surface area contributed by atoms with Crippen molar-refractivity contribution in [3.63, 3.8) is 0 Å². The quantitative estimate of drug-likeness (QED) is 0.391. The summed E-state index contributed by atoms with van der Waals surface area (Å²) in [4.78, 5) is 30.5. The van der Waals surface area contributed by atoms with Crippen molar-refractivity contribution in [3.05, 3.63) is 70.9 Å². The van der Waals surface area contributed by atoms with Crippen LogP contribution in [0.5, 0.6) is 0 Å². The number of nitrogens with one attached hydrogen (secondary N) is 2. The fourth-order valence-corrected chi connectivity index (χ4v) is 3.60. The van der Waals surface area contributed by atoms with Crippen molar-refractivity contribution in [1.82, 2.24) is 15.2 Å². The van der Waals surface area contributed by atoms with Crippen LogP contribution in [0.4, 0.5) is 24.2 Å². The van der Waals surface area contributed by atoms with Gasteiger partial charge in [-0.1, -0.05) is 17.7 Å². The molecule has 1 aromatic heterocycles. The van der Waals surface area contributed by atoms with E-state index in [-0.39, 0.29) is 24.0 Å². The molecule has 0 spiro atoms. The molecule has 0 saturated heterocycles. The smallest absolute Gasteiger partial charge is 0.412 e. The number of ether oxygens (including phenoxy) is 1. The fraction of sp³-hybridized carbons (Fsp3) is 0.292. The van der Waals surface area contributed by atoms with Crippen molar-refractivity contribution in [2.24, 2.45) is 5.73 Å². The van der Waals surface area contributed by atoms with Gasteiger partial charge in [0.15, 0.2) is 0 Å². The molecule has 4 N–H and O–H groups in total. The number of fused-ring (bicyclic) bond motifs is 1. The first-order valence-electron chi connectivity index (χ1n) is 10.9. The van der Waals surface area contributed by atoms with Crippen LogP contribution in [0, 0.1) is 11.6 Å². The number of hydrogen-bond donors (Lipinski definition) is 3. The van der Waals surface area contributed by atoms with Gasteiger partial charge in [0.05, 0.1) is 6.04 Å². The van der Waals surface area contributed by atoms with Crippen LogP contribution in [-0.4, -0.2) is 48.2 Å². The Morgan fingerprint density at radius 1 is 1.14 bits per heavy atom. The van der Waals surface area contributed by atoms with Gasteiger partial charge >= 0.3 is 12.1 Å². The first-order chi connectivity index (χ1) is 16.8. The second-order valence-electron chi connectivity index (χ2n) is 7.87. The molecule has 3 aromatic rings. The Morgan fingerprint density at radius 3 is 2.63 bits per heavy atom. The molecule has 0 aliphatic rings. The molecule has 3 amide bonds. The summed E-state index contributed by atoms with van der Waals surface area (Å²) in [6.45, 7) is 0.414. The van der Waals surface area contributed by atoms with Crippen molar-refractivity contribution in [3.8, 4) is 0 Å². The third kappa shape index (κ3) is 7.49. The number of carbonyl (C=O) groups excluding carboxylic acids is 2. The van der Waals surface area contributed by atoms with E-state index in [1.807, 2.05) is 0 Å². The largest absolute Gasteiger partial charge is 0.447 e. The minimum absolute atomic E-state index is 0.0880. The number of nitrogens with two attached hydrogens (primary N) is 1. The summed E-state index contributed by atoms with van der Waals surface area (Å²) < 4.78 is 32.0. The van der Waals surface area contributed by atoms with Crippen LogP contribution in [0.1, 0.15) is 18.4 Å². The summed E-state index contributed by atoms with van der Waals surface area (Å²) in [6.07, 6.45) is 1.85. The minimum Gasteiger partial charge on any atom is -0.447 e. The lowest BCUT2D eigenvalue weighted by Crippen LogP contribution is -2.46. The van der Waals surface area contributed by atoms with Gasteiger partial charge in [-0.2, -0.15) is 0 Å². The van der Waals surface area contributed by atoms with Gasteiger partial charge in [0.1, 0.15) is 24.1 Å². The number of urea groups is 1. The maximum Gasteiger partial charge on any atom is 0.412 e. The molecule has 0 bridgehead atoms. The zero-order valence-electron chi connectivity index (χ0n) is 19.1. The van der Waals surface area contributed by atoms with Gasteiger partial charge in [-0.15, -0.1) is 0 Å². The predicted octanol–water partition coefficient (Wildman–Crippen LogP) is 4.66. The van der Waals surface area contributed by atoms with Crippen LogP contribution in [-0.2, 0) is 11.3 Å². The average molecular weight is 506 g/mol. The van der Waals surface area contributed by atoms with Crippen LogP contribution in [0.3, 0.4) is 0 Å². The third-order valence-electron chi connectivity index (χ3n) is 5.38. The Kier molecular flexibility index (Phi) is 9.16.